The summed E-state index contributed by atoms with van der Waals surface area (Å²) >= 11 is 0. The third kappa shape index (κ3) is 2.46. The molecule has 12 heavy (non-hydrogen) atoms. The van der Waals surface area contributed by atoms with E-state index in [9.17, 15) is 0 Å². The maximum atomic E-state index is 3.67. The zero-order valence-corrected chi connectivity index (χ0v) is 8.69. The van der Waals surface area contributed by atoms with E-state index in [0.29, 0.717) is 5.54 Å². The molecular weight excluding hydrogens is 148 g/mol. The first-order valence-corrected chi connectivity index (χ1v) is 5.08. The van der Waals surface area contributed by atoms with Gasteiger partial charge >= 0.3 is 0 Å². The van der Waals surface area contributed by atoms with Crippen LogP contribution in [0.25, 0.3) is 0 Å². The first-order chi connectivity index (χ1) is 5.68. The van der Waals surface area contributed by atoms with E-state index in [1.54, 1.807) is 0 Å². The van der Waals surface area contributed by atoms with Crippen molar-refractivity contribution in [3.63, 3.8) is 0 Å². The summed E-state index contributed by atoms with van der Waals surface area (Å²) < 4.78 is 0. The summed E-state index contributed by atoms with van der Waals surface area (Å²) in [4.78, 5) is 2.29. The molecule has 0 saturated carbocycles. The van der Waals surface area contributed by atoms with E-state index in [1.165, 1.54) is 38.8 Å². The zero-order valence-electron chi connectivity index (χ0n) is 8.69. The molecule has 1 N–H and O–H groups in total. The van der Waals surface area contributed by atoms with Crippen LogP contribution in [-0.2, 0) is 0 Å². The lowest BCUT2D eigenvalue weighted by atomic mass is 9.86. The second-order valence-electron chi connectivity index (χ2n) is 4.26. The molecule has 2 heteroatoms. The van der Waals surface area contributed by atoms with Gasteiger partial charge in [-0.2, -0.15) is 0 Å². The molecule has 1 rings (SSSR count). The molecule has 0 aromatic rings. The Morgan fingerprint density at radius 1 is 1.33 bits per heavy atom. The Kier molecular flexibility index (Phi) is 3.53. The van der Waals surface area contributed by atoms with Crippen LogP contribution in [0.3, 0.4) is 0 Å². The Labute approximate surface area is 76.3 Å². The van der Waals surface area contributed by atoms with Crippen molar-refractivity contribution >= 4 is 0 Å². The van der Waals surface area contributed by atoms with Crippen molar-refractivity contribution in [2.45, 2.75) is 38.1 Å². The van der Waals surface area contributed by atoms with Gasteiger partial charge in [0.1, 0.15) is 0 Å². The normalized spacial score (nSPS) is 31.0. The minimum atomic E-state index is 0.418. The van der Waals surface area contributed by atoms with Crippen LogP contribution in [0.15, 0.2) is 0 Å². The standard InChI is InChI=1S/C10H22N2/c1-4-10(9-12(2)3)7-5-6-8-11-10/h11H,4-9H2,1-3H3. The Bertz CT molecular complexity index is 126. The molecule has 1 unspecified atom stereocenters. The predicted molar refractivity (Wildman–Crippen MR) is 53.4 cm³/mol. The van der Waals surface area contributed by atoms with Crippen LogP contribution in [0.1, 0.15) is 32.6 Å². The van der Waals surface area contributed by atoms with Gasteiger partial charge in [-0.3, -0.25) is 0 Å². The van der Waals surface area contributed by atoms with Gasteiger partial charge in [-0.25, -0.2) is 0 Å². The van der Waals surface area contributed by atoms with Crippen molar-refractivity contribution < 1.29 is 0 Å². The molecule has 0 amide bonds. The fourth-order valence-electron chi connectivity index (χ4n) is 2.18. The molecule has 0 radical (unpaired) electrons. The highest BCUT2D eigenvalue weighted by Crippen LogP contribution is 2.22. The van der Waals surface area contributed by atoms with Crippen LogP contribution in [0.4, 0.5) is 0 Å². The summed E-state index contributed by atoms with van der Waals surface area (Å²) in [5.74, 6) is 0. The highest BCUT2D eigenvalue weighted by atomic mass is 15.1. The van der Waals surface area contributed by atoms with Crippen molar-refractivity contribution in [3.05, 3.63) is 0 Å². The molecule has 1 saturated heterocycles. The molecule has 0 spiro atoms. The zero-order chi connectivity index (χ0) is 9.03. The average Bonchev–Trinajstić information content (AvgIpc) is 2.05. The van der Waals surface area contributed by atoms with E-state index in [-0.39, 0.29) is 0 Å². The van der Waals surface area contributed by atoms with Crippen molar-refractivity contribution in [1.82, 2.24) is 10.2 Å². The molecule has 0 aromatic heterocycles. The van der Waals surface area contributed by atoms with Crippen molar-refractivity contribution in [3.8, 4) is 0 Å². The minimum absolute atomic E-state index is 0.418. The van der Waals surface area contributed by atoms with Crippen molar-refractivity contribution in [2.24, 2.45) is 0 Å². The van der Waals surface area contributed by atoms with Gasteiger partial charge in [0.25, 0.3) is 0 Å². The summed E-state index contributed by atoms with van der Waals surface area (Å²) in [5.41, 5.74) is 0.418. The SMILES string of the molecule is CCC1(CN(C)C)CCCCN1. The van der Waals surface area contributed by atoms with Crippen LogP contribution in [0.5, 0.6) is 0 Å². The smallest absolute Gasteiger partial charge is 0.0305 e. The Morgan fingerprint density at radius 3 is 2.50 bits per heavy atom. The maximum Gasteiger partial charge on any atom is 0.0305 e. The van der Waals surface area contributed by atoms with Crippen molar-refractivity contribution in [2.75, 3.05) is 27.2 Å². The van der Waals surface area contributed by atoms with E-state index in [1.807, 2.05) is 0 Å². The van der Waals surface area contributed by atoms with Gasteiger partial charge in [-0.15, -0.1) is 0 Å². The molecule has 72 valence electrons. The fraction of sp³-hybridized carbons (Fsp3) is 1.00. The van der Waals surface area contributed by atoms with E-state index >= 15 is 0 Å². The first-order valence-electron chi connectivity index (χ1n) is 5.08. The van der Waals surface area contributed by atoms with E-state index in [4.69, 9.17) is 0 Å². The van der Waals surface area contributed by atoms with Gasteiger partial charge in [-0.1, -0.05) is 13.3 Å². The second kappa shape index (κ2) is 4.24. The van der Waals surface area contributed by atoms with Crippen LogP contribution in [0.2, 0.25) is 0 Å². The third-order valence-corrected chi connectivity index (χ3v) is 2.88. The summed E-state index contributed by atoms with van der Waals surface area (Å²) in [6, 6.07) is 0. The molecule has 0 aromatic carbocycles. The lowest BCUT2D eigenvalue weighted by molar-refractivity contribution is 0.183. The number of likely N-dealkylation sites (N-methyl/N-ethyl adjacent to an activating group) is 1. The van der Waals surface area contributed by atoms with Gasteiger partial charge in [0.15, 0.2) is 0 Å². The van der Waals surface area contributed by atoms with Crippen molar-refractivity contribution in [1.29, 1.82) is 0 Å². The summed E-state index contributed by atoms with van der Waals surface area (Å²) in [6.45, 7) is 4.69. The van der Waals surface area contributed by atoms with Gasteiger partial charge in [0, 0.05) is 12.1 Å². The molecule has 1 aliphatic heterocycles. The molecule has 2 nitrogen and oxygen atoms in total. The first kappa shape index (κ1) is 10.0. The average molecular weight is 170 g/mol. The number of rotatable bonds is 3. The Balaban J connectivity index is 2.48. The fourth-order valence-corrected chi connectivity index (χ4v) is 2.18. The highest BCUT2D eigenvalue weighted by Gasteiger charge is 2.29. The lowest BCUT2D eigenvalue weighted by Gasteiger charge is -2.39. The maximum absolute atomic E-state index is 3.67. The van der Waals surface area contributed by atoms with Crippen LogP contribution >= 0.6 is 0 Å². The minimum Gasteiger partial charge on any atom is -0.310 e. The number of nitrogens with zero attached hydrogens (tertiary/aromatic N) is 1. The second-order valence-corrected chi connectivity index (χ2v) is 4.26. The van der Waals surface area contributed by atoms with E-state index in [2.05, 4.69) is 31.2 Å². The van der Waals surface area contributed by atoms with Gasteiger partial charge in [0.2, 0.25) is 0 Å². The lowest BCUT2D eigenvalue weighted by Crippen LogP contribution is -2.54. The predicted octanol–water partition coefficient (Wildman–Crippen LogP) is 1.47. The van der Waals surface area contributed by atoms with E-state index < -0.39 is 0 Å². The summed E-state index contributed by atoms with van der Waals surface area (Å²) in [5, 5.41) is 3.67. The van der Waals surface area contributed by atoms with E-state index in [0.717, 1.165) is 0 Å². The topological polar surface area (TPSA) is 15.3 Å². The molecule has 1 fully saturated rings. The quantitative estimate of drug-likeness (QED) is 0.690. The molecule has 1 atom stereocenters. The van der Waals surface area contributed by atoms with Gasteiger partial charge in [0.05, 0.1) is 0 Å². The number of hydrogen-bond donors (Lipinski definition) is 1. The molecule has 0 aliphatic carbocycles. The molecule has 1 heterocycles. The summed E-state index contributed by atoms with van der Waals surface area (Å²) in [7, 11) is 4.32. The third-order valence-electron chi connectivity index (χ3n) is 2.88. The summed E-state index contributed by atoms with van der Waals surface area (Å²) in [6.07, 6.45) is 5.36. The van der Waals surface area contributed by atoms with Gasteiger partial charge < -0.3 is 10.2 Å². The van der Waals surface area contributed by atoms with Crippen LogP contribution < -0.4 is 5.32 Å². The number of hydrogen-bond acceptors (Lipinski definition) is 2. The van der Waals surface area contributed by atoms with Crippen LogP contribution in [0, 0.1) is 0 Å². The monoisotopic (exact) mass is 170 g/mol. The Hall–Kier alpha value is -0.0800. The van der Waals surface area contributed by atoms with Crippen LogP contribution in [-0.4, -0.2) is 37.6 Å². The number of nitrogens with one attached hydrogen (secondary N) is 1. The highest BCUT2D eigenvalue weighted by molar-refractivity contribution is 4.91. The van der Waals surface area contributed by atoms with Gasteiger partial charge in [-0.05, 0) is 39.9 Å². The largest absolute Gasteiger partial charge is 0.310 e. The number of piperidine rings is 1. The molecule has 1 aliphatic rings. The molecule has 0 bridgehead atoms. The molecular formula is C10H22N2. The Morgan fingerprint density at radius 2 is 2.08 bits per heavy atom.